The minimum Gasteiger partial charge on any atom is -0.482 e. The summed E-state index contributed by atoms with van der Waals surface area (Å²) in [6.07, 6.45) is 1.16. The molecule has 0 saturated carbocycles. The number of rotatable bonds is 7. The van der Waals surface area contributed by atoms with E-state index in [1.54, 1.807) is 32.0 Å². The van der Waals surface area contributed by atoms with Crippen molar-refractivity contribution in [2.75, 3.05) is 5.75 Å². The molecule has 0 aliphatic carbocycles. The lowest BCUT2D eigenvalue weighted by Gasteiger charge is -2.10. The first-order valence-electron chi connectivity index (χ1n) is 7.04. The van der Waals surface area contributed by atoms with Crippen LogP contribution in [0.25, 0.3) is 0 Å². The molecular formula is C14H17N3O5S. The van der Waals surface area contributed by atoms with Gasteiger partial charge in [-0.15, -0.1) is 0 Å². The second-order valence-corrected chi connectivity index (χ2v) is 6.92. The molecule has 1 aromatic heterocycles. The predicted molar refractivity (Wildman–Crippen MR) is 83.1 cm³/mol. The molecule has 0 aliphatic rings. The Morgan fingerprint density at radius 1 is 1.30 bits per heavy atom. The number of nitrogens with zero attached hydrogens (tertiary/aromatic N) is 3. The van der Waals surface area contributed by atoms with Gasteiger partial charge >= 0.3 is 5.82 Å². The van der Waals surface area contributed by atoms with Gasteiger partial charge in [0.05, 0.1) is 12.3 Å². The molecule has 1 heterocycles. The minimum atomic E-state index is -3.42. The Balaban J connectivity index is 2.28. The monoisotopic (exact) mass is 339 g/mol. The lowest BCUT2D eigenvalue weighted by Crippen LogP contribution is -2.10. The third kappa shape index (κ3) is 3.50. The maximum absolute atomic E-state index is 12.1. The van der Waals surface area contributed by atoms with Crippen molar-refractivity contribution in [3.05, 3.63) is 46.4 Å². The molecule has 1 aromatic carbocycles. The van der Waals surface area contributed by atoms with Gasteiger partial charge < -0.3 is 14.9 Å². The van der Waals surface area contributed by atoms with Gasteiger partial charge in [-0.05, 0) is 24.0 Å². The van der Waals surface area contributed by atoms with Crippen LogP contribution in [-0.4, -0.2) is 28.6 Å². The van der Waals surface area contributed by atoms with Gasteiger partial charge in [0.2, 0.25) is 5.82 Å². The van der Waals surface area contributed by atoms with Crippen LogP contribution in [-0.2, 0) is 23.0 Å². The smallest absolute Gasteiger partial charge is 0.342 e. The number of para-hydroxylation sites is 1. The summed E-state index contributed by atoms with van der Waals surface area (Å²) in [5, 5.41) is 10.9. The Bertz CT molecular complexity index is 814. The maximum Gasteiger partial charge on any atom is 0.342 e. The fourth-order valence-electron chi connectivity index (χ4n) is 2.13. The zero-order chi connectivity index (χ0) is 17.0. The lowest BCUT2D eigenvalue weighted by molar-refractivity contribution is -0.392. The van der Waals surface area contributed by atoms with Crippen molar-refractivity contribution in [3.63, 3.8) is 0 Å². The van der Waals surface area contributed by atoms with Gasteiger partial charge in [0.25, 0.3) is 0 Å². The minimum absolute atomic E-state index is 0.0393. The Hall–Kier alpha value is -2.42. The number of hydrogen-bond acceptors (Lipinski definition) is 6. The van der Waals surface area contributed by atoms with E-state index in [2.05, 4.69) is 4.98 Å². The molecule has 23 heavy (non-hydrogen) atoms. The van der Waals surface area contributed by atoms with Crippen molar-refractivity contribution in [3.8, 4) is 5.75 Å². The van der Waals surface area contributed by atoms with E-state index >= 15 is 0 Å². The van der Waals surface area contributed by atoms with Crippen molar-refractivity contribution in [2.45, 2.75) is 31.9 Å². The molecule has 0 atom stereocenters. The van der Waals surface area contributed by atoms with E-state index in [1.165, 1.54) is 10.6 Å². The van der Waals surface area contributed by atoms with Crippen LogP contribution >= 0.6 is 0 Å². The molecule has 0 bridgehead atoms. The highest BCUT2D eigenvalue weighted by atomic mass is 32.2. The van der Waals surface area contributed by atoms with Crippen LogP contribution in [0, 0.1) is 10.1 Å². The molecule has 0 radical (unpaired) electrons. The van der Waals surface area contributed by atoms with Crippen LogP contribution < -0.4 is 4.74 Å². The summed E-state index contributed by atoms with van der Waals surface area (Å²) in [5.41, 5.74) is 0. The predicted octanol–water partition coefficient (Wildman–Crippen LogP) is 2.18. The second-order valence-electron chi connectivity index (χ2n) is 4.67. The van der Waals surface area contributed by atoms with E-state index in [0.29, 0.717) is 12.4 Å². The molecule has 9 heteroatoms. The van der Waals surface area contributed by atoms with Crippen molar-refractivity contribution in [1.82, 2.24) is 9.55 Å². The summed E-state index contributed by atoms with van der Waals surface area (Å²) in [6, 6.07) is 6.31. The summed E-state index contributed by atoms with van der Waals surface area (Å²) >= 11 is 0. The largest absolute Gasteiger partial charge is 0.482 e. The van der Waals surface area contributed by atoms with Crippen molar-refractivity contribution in [2.24, 2.45) is 0 Å². The Kier molecular flexibility index (Phi) is 4.99. The second kappa shape index (κ2) is 6.78. The Morgan fingerprint density at radius 3 is 2.61 bits per heavy atom. The molecule has 2 rings (SSSR count). The van der Waals surface area contributed by atoms with Crippen LogP contribution in [0.2, 0.25) is 0 Å². The summed E-state index contributed by atoms with van der Waals surface area (Å²) in [5.74, 6) is 0.411. The summed E-state index contributed by atoms with van der Waals surface area (Å²) in [7, 11) is -3.42. The van der Waals surface area contributed by atoms with Gasteiger partial charge in [-0.2, -0.15) is 0 Å². The standard InChI is InChI=1S/C14H17N3O5S/c1-3-16-13(15-9-14(16)17(18)19)10-22-11-7-5-6-8-12(11)23(20,21)4-2/h5-9H,3-4,10H2,1-2H3. The quantitative estimate of drug-likeness (QED) is 0.565. The van der Waals surface area contributed by atoms with Crippen LogP contribution in [0.3, 0.4) is 0 Å². The average Bonchev–Trinajstić information content (AvgIpc) is 2.96. The average molecular weight is 339 g/mol. The topological polar surface area (TPSA) is 104 Å². The molecule has 0 fully saturated rings. The highest BCUT2D eigenvalue weighted by Crippen LogP contribution is 2.25. The number of hydrogen-bond donors (Lipinski definition) is 0. The number of nitro groups is 1. The summed E-state index contributed by atoms with van der Waals surface area (Å²) < 4.78 is 31.1. The number of aromatic nitrogens is 2. The molecule has 0 spiro atoms. The van der Waals surface area contributed by atoms with Gasteiger partial charge in [0.1, 0.15) is 16.8 Å². The van der Waals surface area contributed by atoms with Gasteiger partial charge in [-0.1, -0.05) is 19.1 Å². The fraction of sp³-hybridized carbons (Fsp3) is 0.357. The number of benzene rings is 1. The number of imidazole rings is 1. The number of sulfone groups is 1. The van der Waals surface area contributed by atoms with Crippen molar-refractivity contribution >= 4 is 15.7 Å². The molecule has 2 aromatic rings. The number of ether oxygens (including phenoxy) is 1. The third-order valence-electron chi connectivity index (χ3n) is 3.34. The Morgan fingerprint density at radius 2 is 2.00 bits per heavy atom. The van der Waals surface area contributed by atoms with Crippen LogP contribution in [0.5, 0.6) is 5.75 Å². The molecule has 0 aliphatic heterocycles. The zero-order valence-corrected chi connectivity index (χ0v) is 13.6. The van der Waals surface area contributed by atoms with E-state index < -0.39 is 14.8 Å². The fourth-order valence-corrected chi connectivity index (χ4v) is 3.16. The van der Waals surface area contributed by atoms with Crippen LogP contribution in [0.1, 0.15) is 19.7 Å². The van der Waals surface area contributed by atoms with E-state index in [9.17, 15) is 18.5 Å². The molecular weight excluding hydrogens is 322 g/mol. The van der Waals surface area contributed by atoms with Crippen LogP contribution in [0.4, 0.5) is 5.82 Å². The van der Waals surface area contributed by atoms with Gasteiger partial charge in [0.15, 0.2) is 16.4 Å². The van der Waals surface area contributed by atoms with Crippen molar-refractivity contribution < 1.29 is 18.1 Å². The first-order valence-corrected chi connectivity index (χ1v) is 8.69. The van der Waals surface area contributed by atoms with Crippen LogP contribution in [0.15, 0.2) is 35.4 Å². The summed E-state index contributed by atoms with van der Waals surface area (Å²) in [6.45, 7) is 3.62. The molecule has 0 unspecified atom stereocenters. The highest BCUT2D eigenvalue weighted by Gasteiger charge is 2.21. The summed E-state index contributed by atoms with van der Waals surface area (Å²) in [4.78, 5) is 14.5. The first-order chi connectivity index (χ1) is 10.9. The normalized spacial score (nSPS) is 11.4. The third-order valence-corrected chi connectivity index (χ3v) is 5.11. The van der Waals surface area contributed by atoms with Gasteiger partial charge in [0, 0.05) is 0 Å². The molecule has 124 valence electrons. The van der Waals surface area contributed by atoms with Gasteiger partial charge in [-0.3, -0.25) is 0 Å². The van der Waals surface area contributed by atoms with E-state index in [4.69, 9.17) is 4.74 Å². The molecule has 8 nitrogen and oxygen atoms in total. The van der Waals surface area contributed by atoms with Gasteiger partial charge in [-0.25, -0.2) is 18.0 Å². The SMILES string of the molecule is CCn1c([N+](=O)[O-])cnc1COc1ccccc1S(=O)(=O)CC. The molecule has 0 saturated heterocycles. The van der Waals surface area contributed by atoms with Crippen molar-refractivity contribution in [1.29, 1.82) is 0 Å². The van der Waals surface area contributed by atoms with E-state index in [1.807, 2.05) is 0 Å². The highest BCUT2D eigenvalue weighted by molar-refractivity contribution is 7.91. The maximum atomic E-state index is 12.1. The molecule has 0 N–H and O–H groups in total. The molecule has 0 amide bonds. The van der Waals surface area contributed by atoms with E-state index in [0.717, 1.165) is 6.20 Å². The first kappa shape index (κ1) is 16.9. The van der Waals surface area contributed by atoms with E-state index in [-0.39, 0.29) is 28.8 Å². The lowest BCUT2D eigenvalue weighted by atomic mass is 10.3. The Labute approximate surface area is 133 Å². The zero-order valence-electron chi connectivity index (χ0n) is 12.8.